The Hall–Kier alpha value is -3.82. The Labute approximate surface area is 181 Å². The third-order valence-corrected chi connectivity index (χ3v) is 5.58. The van der Waals surface area contributed by atoms with E-state index in [9.17, 15) is 13.6 Å². The van der Waals surface area contributed by atoms with E-state index in [4.69, 9.17) is 4.52 Å². The first kappa shape index (κ1) is 20.1. The molecule has 1 aliphatic heterocycles. The SMILES string of the molecule is Cc1ccc(-c2nc(N3CCC(F)(F)CC3)no2)cc1NC(=O)c1cnc2ccccn12. The maximum absolute atomic E-state index is 13.4. The van der Waals surface area contributed by atoms with E-state index >= 15 is 0 Å². The highest BCUT2D eigenvalue weighted by Crippen LogP contribution is 2.31. The number of alkyl halides is 2. The lowest BCUT2D eigenvalue weighted by molar-refractivity contribution is -0.0223. The van der Waals surface area contributed by atoms with Crippen LogP contribution >= 0.6 is 0 Å². The van der Waals surface area contributed by atoms with Crippen molar-refractivity contribution >= 4 is 23.2 Å². The smallest absolute Gasteiger partial charge is 0.274 e. The average molecular weight is 438 g/mol. The van der Waals surface area contributed by atoms with Crippen molar-refractivity contribution in [2.24, 2.45) is 0 Å². The molecule has 0 atom stereocenters. The van der Waals surface area contributed by atoms with Crippen molar-refractivity contribution in [2.45, 2.75) is 25.7 Å². The van der Waals surface area contributed by atoms with Crippen LogP contribution in [0.5, 0.6) is 0 Å². The van der Waals surface area contributed by atoms with E-state index in [2.05, 4.69) is 20.4 Å². The van der Waals surface area contributed by atoms with Crippen molar-refractivity contribution in [2.75, 3.05) is 23.3 Å². The number of hydrogen-bond acceptors (Lipinski definition) is 6. The van der Waals surface area contributed by atoms with E-state index in [1.54, 1.807) is 27.6 Å². The van der Waals surface area contributed by atoms with Gasteiger partial charge in [-0.15, -0.1) is 0 Å². The third-order valence-electron chi connectivity index (χ3n) is 5.58. The van der Waals surface area contributed by atoms with Crippen LogP contribution in [0.3, 0.4) is 0 Å². The number of aromatic nitrogens is 4. The number of nitrogens with zero attached hydrogens (tertiary/aromatic N) is 5. The summed E-state index contributed by atoms with van der Waals surface area (Å²) in [5.41, 5.74) is 3.15. The third kappa shape index (κ3) is 3.79. The summed E-state index contributed by atoms with van der Waals surface area (Å²) in [6.45, 7) is 2.21. The van der Waals surface area contributed by atoms with Crippen LogP contribution in [0.15, 0.2) is 53.3 Å². The second kappa shape index (κ2) is 7.70. The molecule has 0 aliphatic carbocycles. The Morgan fingerprint density at radius 1 is 1.19 bits per heavy atom. The summed E-state index contributed by atoms with van der Waals surface area (Å²) in [5, 5.41) is 6.86. The maximum Gasteiger partial charge on any atom is 0.274 e. The lowest BCUT2D eigenvalue weighted by Crippen LogP contribution is -2.39. The standard InChI is InChI=1S/C22H20F2N6O2/c1-14-5-6-15(20-27-21(28-32-20)29-10-7-22(23,24)8-11-29)12-16(14)26-19(31)17-13-25-18-4-2-3-9-30(17)18/h2-6,9,12-13H,7-8,10-11H2,1H3,(H,26,31). The summed E-state index contributed by atoms with van der Waals surface area (Å²) < 4.78 is 33.9. The van der Waals surface area contributed by atoms with Crippen LogP contribution in [0.4, 0.5) is 20.4 Å². The molecule has 0 spiro atoms. The number of carbonyl (C=O) groups is 1. The molecule has 0 bridgehead atoms. The predicted molar refractivity (Wildman–Crippen MR) is 114 cm³/mol. The predicted octanol–water partition coefficient (Wildman–Crippen LogP) is 4.18. The van der Waals surface area contributed by atoms with Gasteiger partial charge in [0.05, 0.1) is 6.20 Å². The van der Waals surface area contributed by atoms with Gasteiger partial charge in [-0.1, -0.05) is 12.1 Å². The molecule has 1 fully saturated rings. The molecule has 8 nitrogen and oxygen atoms in total. The molecule has 0 saturated carbocycles. The van der Waals surface area contributed by atoms with Crippen LogP contribution < -0.4 is 10.2 Å². The molecule has 32 heavy (non-hydrogen) atoms. The average Bonchev–Trinajstić information content (AvgIpc) is 3.43. The molecule has 4 heterocycles. The first-order valence-corrected chi connectivity index (χ1v) is 10.2. The van der Waals surface area contributed by atoms with Crippen LogP contribution in [0.1, 0.15) is 28.9 Å². The van der Waals surface area contributed by atoms with Gasteiger partial charge in [-0.05, 0) is 41.9 Å². The van der Waals surface area contributed by atoms with Crippen molar-refractivity contribution in [1.29, 1.82) is 0 Å². The van der Waals surface area contributed by atoms with Gasteiger partial charge in [0, 0.05) is 43.4 Å². The Bertz CT molecular complexity index is 1290. The molecular weight excluding hydrogens is 418 g/mol. The van der Waals surface area contributed by atoms with Gasteiger partial charge >= 0.3 is 0 Å². The van der Waals surface area contributed by atoms with Crippen LogP contribution in [0, 0.1) is 6.92 Å². The van der Waals surface area contributed by atoms with Crippen LogP contribution in [-0.4, -0.2) is 44.4 Å². The summed E-state index contributed by atoms with van der Waals surface area (Å²) in [7, 11) is 0. The minimum atomic E-state index is -2.64. The quantitative estimate of drug-likeness (QED) is 0.514. The van der Waals surface area contributed by atoms with Gasteiger partial charge in [0.2, 0.25) is 0 Å². The molecule has 10 heteroatoms. The molecule has 164 valence electrons. The first-order chi connectivity index (χ1) is 15.4. The molecule has 1 aliphatic rings. The van der Waals surface area contributed by atoms with Crippen LogP contribution in [0.25, 0.3) is 17.1 Å². The van der Waals surface area contributed by atoms with Gasteiger partial charge in [0.1, 0.15) is 11.3 Å². The Kier molecular flexibility index (Phi) is 4.84. The number of aryl methyl sites for hydroxylation is 1. The van der Waals surface area contributed by atoms with E-state index in [1.807, 2.05) is 31.2 Å². The van der Waals surface area contributed by atoms with Crippen molar-refractivity contribution in [3.63, 3.8) is 0 Å². The van der Waals surface area contributed by atoms with Gasteiger partial charge in [0.25, 0.3) is 23.7 Å². The fourth-order valence-electron chi connectivity index (χ4n) is 3.67. The van der Waals surface area contributed by atoms with Gasteiger partial charge < -0.3 is 14.7 Å². The fourth-order valence-corrected chi connectivity index (χ4v) is 3.67. The first-order valence-electron chi connectivity index (χ1n) is 10.2. The molecule has 1 saturated heterocycles. The van der Waals surface area contributed by atoms with Crippen molar-refractivity contribution in [3.8, 4) is 11.5 Å². The molecular formula is C22H20F2N6O2. The molecule has 1 N–H and O–H groups in total. The number of hydrogen-bond donors (Lipinski definition) is 1. The number of piperidine rings is 1. The number of halogens is 2. The second-order valence-electron chi connectivity index (χ2n) is 7.80. The topological polar surface area (TPSA) is 88.6 Å². The number of benzene rings is 1. The Balaban J connectivity index is 1.36. The summed E-state index contributed by atoms with van der Waals surface area (Å²) in [5.74, 6) is -2.41. The number of imidazole rings is 1. The Morgan fingerprint density at radius 3 is 2.81 bits per heavy atom. The van der Waals surface area contributed by atoms with Gasteiger partial charge in [-0.3, -0.25) is 9.20 Å². The molecule has 0 unspecified atom stereocenters. The molecule has 4 aromatic rings. The van der Waals surface area contributed by atoms with Gasteiger partial charge in [-0.2, -0.15) is 4.98 Å². The zero-order valence-corrected chi connectivity index (χ0v) is 17.3. The van der Waals surface area contributed by atoms with E-state index in [1.165, 1.54) is 6.20 Å². The number of nitrogens with one attached hydrogen (secondary N) is 1. The highest BCUT2D eigenvalue weighted by atomic mass is 19.3. The number of rotatable bonds is 4. The number of amides is 1. The minimum absolute atomic E-state index is 0.167. The van der Waals surface area contributed by atoms with Gasteiger partial charge in [-0.25, -0.2) is 13.8 Å². The molecule has 5 rings (SSSR count). The number of anilines is 2. The highest BCUT2D eigenvalue weighted by Gasteiger charge is 2.35. The monoisotopic (exact) mass is 438 g/mol. The maximum atomic E-state index is 13.4. The fraction of sp³-hybridized carbons (Fsp3) is 0.273. The minimum Gasteiger partial charge on any atom is -0.338 e. The zero-order valence-electron chi connectivity index (χ0n) is 17.3. The summed E-state index contributed by atoms with van der Waals surface area (Å²) >= 11 is 0. The molecule has 1 amide bonds. The number of pyridine rings is 1. The largest absolute Gasteiger partial charge is 0.338 e. The second-order valence-corrected chi connectivity index (χ2v) is 7.80. The van der Waals surface area contributed by atoms with Crippen LogP contribution in [0.2, 0.25) is 0 Å². The lowest BCUT2D eigenvalue weighted by atomic mass is 10.1. The molecule has 3 aromatic heterocycles. The summed E-state index contributed by atoms with van der Waals surface area (Å²) in [4.78, 5) is 23.2. The van der Waals surface area contributed by atoms with Crippen molar-refractivity contribution in [3.05, 3.63) is 60.0 Å². The molecule has 1 aromatic carbocycles. The summed E-state index contributed by atoms with van der Waals surface area (Å²) in [6.07, 6.45) is 2.83. The lowest BCUT2D eigenvalue weighted by Gasteiger charge is -2.30. The van der Waals surface area contributed by atoms with E-state index in [-0.39, 0.29) is 43.7 Å². The zero-order chi connectivity index (χ0) is 22.3. The van der Waals surface area contributed by atoms with E-state index < -0.39 is 5.92 Å². The van der Waals surface area contributed by atoms with Crippen molar-refractivity contribution < 1.29 is 18.1 Å². The highest BCUT2D eigenvalue weighted by molar-refractivity contribution is 6.04. The van der Waals surface area contributed by atoms with Crippen molar-refractivity contribution in [1.82, 2.24) is 19.5 Å². The van der Waals surface area contributed by atoms with Crippen LogP contribution in [-0.2, 0) is 0 Å². The molecule has 0 radical (unpaired) electrons. The van der Waals surface area contributed by atoms with E-state index in [0.717, 1.165) is 5.56 Å². The number of carbonyl (C=O) groups excluding carboxylic acids is 1. The van der Waals surface area contributed by atoms with E-state index in [0.29, 0.717) is 22.6 Å². The van der Waals surface area contributed by atoms with Gasteiger partial charge in [0.15, 0.2) is 0 Å². The Morgan fingerprint density at radius 2 is 2.00 bits per heavy atom. The normalized spacial score (nSPS) is 15.8. The summed E-state index contributed by atoms with van der Waals surface area (Å²) in [6, 6.07) is 10.9. The number of fused-ring (bicyclic) bond motifs is 1.